The highest BCUT2D eigenvalue weighted by molar-refractivity contribution is 5.76. The molecule has 1 saturated heterocycles. The number of likely N-dealkylation sites (tertiary alicyclic amines) is 1. The van der Waals surface area contributed by atoms with E-state index in [1.165, 1.54) is 25.7 Å². The van der Waals surface area contributed by atoms with Crippen LogP contribution in [-0.4, -0.2) is 45.2 Å². The van der Waals surface area contributed by atoms with Crippen molar-refractivity contribution in [2.24, 2.45) is 11.8 Å². The normalized spacial score (nSPS) is 28.0. The van der Waals surface area contributed by atoms with Crippen LogP contribution in [0.25, 0.3) is 0 Å². The van der Waals surface area contributed by atoms with Crippen molar-refractivity contribution in [3.63, 3.8) is 0 Å². The number of nitrogens with zero attached hydrogens (tertiary/aromatic N) is 4. The van der Waals surface area contributed by atoms with Gasteiger partial charge in [-0.3, -0.25) is 4.79 Å². The third-order valence-electron chi connectivity index (χ3n) is 6.46. The van der Waals surface area contributed by atoms with Crippen LogP contribution in [0.2, 0.25) is 0 Å². The Balaban J connectivity index is 1.29. The Morgan fingerprint density at radius 3 is 2.60 bits per heavy atom. The average Bonchev–Trinajstić information content (AvgIpc) is 3.08. The van der Waals surface area contributed by atoms with Crippen LogP contribution in [0.4, 0.5) is 0 Å². The van der Waals surface area contributed by atoms with Crippen molar-refractivity contribution in [3.8, 4) is 0 Å². The number of aromatic nitrogens is 3. The summed E-state index contributed by atoms with van der Waals surface area (Å²) in [5.41, 5.74) is 0. The number of fused-ring (bicyclic) bond motifs is 1. The lowest BCUT2D eigenvalue weighted by atomic mass is 9.81. The van der Waals surface area contributed by atoms with E-state index >= 15 is 0 Å². The Bertz CT molecular complexity index is 597. The molecule has 0 bridgehead atoms. The van der Waals surface area contributed by atoms with Crippen LogP contribution in [0.1, 0.15) is 69.4 Å². The van der Waals surface area contributed by atoms with Gasteiger partial charge in [0.05, 0.1) is 6.54 Å². The molecule has 0 spiro atoms. The maximum absolute atomic E-state index is 12.7. The minimum Gasteiger partial charge on any atom is -0.343 e. The van der Waals surface area contributed by atoms with E-state index in [1.54, 1.807) is 0 Å². The first-order valence-corrected chi connectivity index (χ1v) is 10.1. The van der Waals surface area contributed by atoms with Gasteiger partial charge >= 0.3 is 0 Å². The highest BCUT2D eigenvalue weighted by Gasteiger charge is 2.30. The van der Waals surface area contributed by atoms with E-state index in [4.69, 9.17) is 0 Å². The van der Waals surface area contributed by atoms with Crippen molar-refractivity contribution >= 4 is 5.91 Å². The van der Waals surface area contributed by atoms with Gasteiger partial charge < -0.3 is 14.8 Å². The highest BCUT2D eigenvalue weighted by Crippen LogP contribution is 2.32. The average molecular weight is 345 g/mol. The van der Waals surface area contributed by atoms with Crippen LogP contribution in [0.15, 0.2) is 0 Å². The molecule has 1 saturated carbocycles. The van der Waals surface area contributed by atoms with E-state index in [0.717, 1.165) is 69.6 Å². The summed E-state index contributed by atoms with van der Waals surface area (Å²) >= 11 is 0. The summed E-state index contributed by atoms with van der Waals surface area (Å²) in [6.45, 7) is 6.89. The van der Waals surface area contributed by atoms with Crippen molar-refractivity contribution in [2.45, 2.75) is 70.9 Å². The fraction of sp³-hybridized carbons (Fsp3) is 0.842. The molecule has 2 aliphatic heterocycles. The number of hydrogen-bond donors (Lipinski definition) is 1. The van der Waals surface area contributed by atoms with Gasteiger partial charge in [-0.1, -0.05) is 19.8 Å². The second kappa shape index (κ2) is 7.44. The number of carbonyl (C=O) groups excluding carboxylic acids is 1. The first-order valence-electron chi connectivity index (χ1n) is 10.1. The lowest BCUT2D eigenvalue weighted by Crippen LogP contribution is -2.39. The molecule has 6 nitrogen and oxygen atoms in total. The standard InChI is InChI=1S/C19H31N5O/c1-14-2-4-15(5-3-14)12-18(25)23-9-6-16(7-10-23)19-22-21-17-13-20-8-11-24(17)19/h14-16,20H,2-13H2,1H3. The van der Waals surface area contributed by atoms with Crippen LogP contribution in [0.5, 0.6) is 0 Å². The van der Waals surface area contributed by atoms with Crippen LogP contribution in [0.3, 0.4) is 0 Å². The summed E-state index contributed by atoms with van der Waals surface area (Å²) in [6, 6.07) is 0. The summed E-state index contributed by atoms with van der Waals surface area (Å²) in [6.07, 6.45) is 7.90. The van der Waals surface area contributed by atoms with Gasteiger partial charge in [0, 0.05) is 38.5 Å². The third-order valence-corrected chi connectivity index (χ3v) is 6.46. The van der Waals surface area contributed by atoms with Crippen molar-refractivity contribution in [2.75, 3.05) is 19.6 Å². The lowest BCUT2D eigenvalue weighted by Gasteiger charge is -2.34. The van der Waals surface area contributed by atoms with Gasteiger partial charge in [0.2, 0.25) is 5.91 Å². The summed E-state index contributed by atoms with van der Waals surface area (Å²) in [4.78, 5) is 14.8. The molecule has 0 radical (unpaired) electrons. The zero-order chi connectivity index (χ0) is 17.2. The minimum atomic E-state index is 0.380. The van der Waals surface area contributed by atoms with Crippen LogP contribution in [0, 0.1) is 11.8 Å². The maximum Gasteiger partial charge on any atom is 0.222 e. The third kappa shape index (κ3) is 3.73. The minimum absolute atomic E-state index is 0.380. The number of hydrogen-bond acceptors (Lipinski definition) is 4. The fourth-order valence-electron chi connectivity index (χ4n) is 4.71. The Morgan fingerprint density at radius 2 is 1.84 bits per heavy atom. The number of amides is 1. The molecule has 3 heterocycles. The lowest BCUT2D eigenvalue weighted by molar-refractivity contribution is -0.133. The van der Waals surface area contributed by atoms with Crippen molar-refractivity contribution in [1.82, 2.24) is 25.0 Å². The first kappa shape index (κ1) is 17.0. The highest BCUT2D eigenvalue weighted by atomic mass is 16.2. The van der Waals surface area contributed by atoms with E-state index in [-0.39, 0.29) is 0 Å². The Hall–Kier alpha value is -1.43. The molecule has 4 rings (SSSR count). The molecule has 6 heteroatoms. The second-order valence-corrected chi connectivity index (χ2v) is 8.29. The first-order chi connectivity index (χ1) is 12.2. The van der Waals surface area contributed by atoms with Gasteiger partial charge in [-0.05, 0) is 37.5 Å². The van der Waals surface area contributed by atoms with E-state index in [1.807, 2.05) is 0 Å². The van der Waals surface area contributed by atoms with Crippen LogP contribution in [-0.2, 0) is 17.9 Å². The van der Waals surface area contributed by atoms with E-state index in [0.29, 0.717) is 17.7 Å². The quantitative estimate of drug-likeness (QED) is 0.913. The Labute approximate surface area is 150 Å². The Morgan fingerprint density at radius 1 is 1.08 bits per heavy atom. The molecular weight excluding hydrogens is 314 g/mol. The summed E-state index contributed by atoms with van der Waals surface area (Å²) in [5, 5.41) is 12.1. The van der Waals surface area contributed by atoms with Gasteiger partial charge in [-0.2, -0.15) is 0 Å². The van der Waals surface area contributed by atoms with Crippen molar-refractivity contribution < 1.29 is 4.79 Å². The molecule has 0 unspecified atom stereocenters. The predicted octanol–water partition coefficient (Wildman–Crippen LogP) is 2.30. The molecule has 0 atom stereocenters. The van der Waals surface area contributed by atoms with E-state index in [2.05, 4.69) is 31.9 Å². The van der Waals surface area contributed by atoms with Gasteiger partial charge in [-0.25, -0.2) is 0 Å². The monoisotopic (exact) mass is 345 g/mol. The molecule has 2 fully saturated rings. The Kier molecular flexibility index (Phi) is 5.06. The van der Waals surface area contributed by atoms with Crippen LogP contribution < -0.4 is 5.32 Å². The maximum atomic E-state index is 12.7. The molecule has 1 aliphatic carbocycles. The molecule has 138 valence electrons. The molecule has 1 amide bonds. The molecule has 1 aromatic heterocycles. The smallest absolute Gasteiger partial charge is 0.222 e. The zero-order valence-electron chi connectivity index (χ0n) is 15.4. The molecule has 1 N–H and O–H groups in total. The summed E-state index contributed by atoms with van der Waals surface area (Å²) in [5.74, 6) is 4.52. The molecule has 25 heavy (non-hydrogen) atoms. The number of carbonyl (C=O) groups is 1. The summed E-state index contributed by atoms with van der Waals surface area (Å²) < 4.78 is 2.29. The zero-order valence-corrected chi connectivity index (χ0v) is 15.4. The van der Waals surface area contributed by atoms with Crippen LogP contribution >= 0.6 is 0 Å². The summed E-state index contributed by atoms with van der Waals surface area (Å²) in [7, 11) is 0. The van der Waals surface area contributed by atoms with Crippen molar-refractivity contribution in [1.29, 1.82) is 0 Å². The molecule has 0 aromatic carbocycles. The molecule has 3 aliphatic rings. The van der Waals surface area contributed by atoms with Gasteiger partial charge in [0.25, 0.3) is 0 Å². The number of nitrogens with one attached hydrogen (secondary N) is 1. The van der Waals surface area contributed by atoms with Gasteiger partial charge in [-0.15, -0.1) is 10.2 Å². The predicted molar refractivity (Wildman–Crippen MR) is 96.0 cm³/mol. The molecule has 1 aromatic rings. The number of piperidine rings is 1. The molecular formula is C19H31N5O. The van der Waals surface area contributed by atoms with Gasteiger partial charge in [0.15, 0.2) is 0 Å². The van der Waals surface area contributed by atoms with Gasteiger partial charge in [0.1, 0.15) is 11.6 Å². The second-order valence-electron chi connectivity index (χ2n) is 8.29. The topological polar surface area (TPSA) is 63.1 Å². The SMILES string of the molecule is CC1CCC(CC(=O)N2CCC(c3nnc4n3CCNC4)CC2)CC1. The number of rotatable bonds is 3. The van der Waals surface area contributed by atoms with E-state index in [9.17, 15) is 4.79 Å². The van der Waals surface area contributed by atoms with E-state index < -0.39 is 0 Å². The fourth-order valence-corrected chi connectivity index (χ4v) is 4.71. The van der Waals surface area contributed by atoms with Crippen molar-refractivity contribution in [3.05, 3.63) is 11.6 Å². The largest absolute Gasteiger partial charge is 0.343 e.